The van der Waals surface area contributed by atoms with Crippen LogP contribution >= 0.6 is 0 Å². The van der Waals surface area contributed by atoms with Crippen molar-refractivity contribution in [2.45, 2.75) is 20.5 Å². The monoisotopic (exact) mass is 391 g/mol. The largest absolute Gasteiger partial charge is 0.435 e. The van der Waals surface area contributed by atoms with E-state index >= 15 is 0 Å². The molecule has 2 rings (SSSR count). The van der Waals surface area contributed by atoms with Crippen LogP contribution in [0.5, 0.6) is 5.75 Å². The SMILES string of the molecule is Cc1ccc(NC(=O)/C=N\OCC(=O)Nc2ccc(OC(F)F)cc2)c(C)c1. The minimum atomic E-state index is -2.92. The van der Waals surface area contributed by atoms with E-state index in [1.165, 1.54) is 24.3 Å². The summed E-state index contributed by atoms with van der Waals surface area (Å²) in [7, 11) is 0. The van der Waals surface area contributed by atoms with Gasteiger partial charge in [0, 0.05) is 11.4 Å². The summed E-state index contributed by atoms with van der Waals surface area (Å²) in [6.45, 7) is 0.471. The topological polar surface area (TPSA) is 89.0 Å². The quantitative estimate of drug-likeness (QED) is 0.533. The van der Waals surface area contributed by atoms with Crippen LogP contribution in [0.25, 0.3) is 0 Å². The van der Waals surface area contributed by atoms with Crippen LogP contribution in [0.2, 0.25) is 0 Å². The molecule has 28 heavy (non-hydrogen) atoms. The molecule has 0 saturated carbocycles. The number of carbonyl (C=O) groups excluding carboxylic acids is 2. The van der Waals surface area contributed by atoms with Crippen LogP contribution < -0.4 is 15.4 Å². The zero-order valence-corrected chi connectivity index (χ0v) is 15.2. The second kappa shape index (κ2) is 10.0. The Morgan fingerprint density at radius 1 is 1.11 bits per heavy atom. The first-order chi connectivity index (χ1) is 13.3. The lowest BCUT2D eigenvalue weighted by Crippen LogP contribution is -2.18. The second-order valence-electron chi connectivity index (χ2n) is 5.77. The van der Waals surface area contributed by atoms with Gasteiger partial charge in [-0.05, 0) is 49.7 Å². The van der Waals surface area contributed by atoms with E-state index in [0.717, 1.165) is 17.3 Å². The molecule has 0 aliphatic carbocycles. The number of aryl methyl sites for hydroxylation is 2. The van der Waals surface area contributed by atoms with Crippen molar-refractivity contribution in [3.63, 3.8) is 0 Å². The molecule has 0 unspecified atom stereocenters. The number of benzene rings is 2. The van der Waals surface area contributed by atoms with E-state index in [9.17, 15) is 18.4 Å². The van der Waals surface area contributed by atoms with E-state index in [1.54, 1.807) is 6.07 Å². The zero-order valence-electron chi connectivity index (χ0n) is 15.2. The van der Waals surface area contributed by atoms with Gasteiger partial charge in [-0.15, -0.1) is 0 Å². The van der Waals surface area contributed by atoms with Gasteiger partial charge in [0.1, 0.15) is 12.0 Å². The van der Waals surface area contributed by atoms with E-state index in [2.05, 4.69) is 20.5 Å². The lowest BCUT2D eigenvalue weighted by molar-refractivity contribution is -0.120. The van der Waals surface area contributed by atoms with Crippen molar-refractivity contribution in [1.29, 1.82) is 0 Å². The summed E-state index contributed by atoms with van der Waals surface area (Å²) < 4.78 is 28.3. The van der Waals surface area contributed by atoms with Gasteiger partial charge in [0.05, 0.1) is 0 Å². The molecule has 2 aromatic rings. The number of anilines is 2. The molecule has 2 amide bonds. The van der Waals surface area contributed by atoms with Gasteiger partial charge < -0.3 is 20.2 Å². The van der Waals surface area contributed by atoms with Crippen LogP contribution in [0.3, 0.4) is 0 Å². The predicted octanol–water partition coefficient (Wildman–Crippen LogP) is 3.48. The highest BCUT2D eigenvalue weighted by molar-refractivity contribution is 6.31. The number of rotatable bonds is 8. The third-order valence-electron chi connectivity index (χ3n) is 3.44. The van der Waals surface area contributed by atoms with Crippen LogP contribution in [0.15, 0.2) is 47.6 Å². The summed E-state index contributed by atoms with van der Waals surface area (Å²) >= 11 is 0. The number of alkyl halides is 2. The Labute approximate surface area is 160 Å². The number of halogens is 2. The number of oxime groups is 1. The lowest BCUT2D eigenvalue weighted by atomic mass is 10.1. The van der Waals surface area contributed by atoms with Gasteiger partial charge in [-0.2, -0.15) is 8.78 Å². The summed E-state index contributed by atoms with van der Waals surface area (Å²) in [6.07, 6.45) is 0.920. The molecule has 0 atom stereocenters. The average Bonchev–Trinajstić information content (AvgIpc) is 2.62. The molecule has 0 heterocycles. The molecule has 148 valence electrons. The summed E-state index contributed by atoms with van der Waals surface area (Å²) in [5.74, 6) is -1.06. The van der Waals surface area contributed by atoms with E-state index in [4.69, 9.17) is 4.84 Å². The van der Waals surface area contributed by atoms with Gasteiger partial charge in [-0.25, -0.2) is 0 Å². The van der Waals surface area contributed by atoms with E-state index in [0.29, 0.717) is 11.4 Å². The molecule has 0 bridgehead atoms. The van der Waals surface area contributed by atoms with Crippen molar-refractivity contribution in [3.05, 3.63) is 53.6 Å². The van der Waals surface area contributed by atoms with Crippen molar-refractivity contribution in [2.75, 3.05) is 17.2 Å². The fourth-order valence-electron chi connectivity index (χ4n) is 2.22. The van der Waals surface area contributed by atoms with Crippen molar-refractivity contribution < 1.29 is 27.9 Å². The highest BCUT2D eigenvalue weighted by Crippen LogP contribution is 2.17. The molecule has 9 heteroatoms. The highest BCUT2D eigenvalue weighted by atomic mass is 19.3. The molecule has 0 aliphatic rings. The van der Waals surface area contributed by atoms with Crippen LogP contribution in [-0.4, -0.2) is 31.2 Å². The standard InChI is InChI=1S/C19H19F2N3O4/c1-12-3-8-16(13(2)9-12)24-17(25)10-22-27-11-18(26)23-14-4-6-15(7-5-14)28-19(20)21/h3-10,19H,11H2,1-2H3,(H,23,26)(H,24,25)/b22-10-. The van der Waals surface area contributed by atoms with Crippen molar-refractivity contribution in [3.8, 4) is 5.75 Å². The summed E-state index contributed by atoms with van der Waals surface area (Å²) in [5, 5.41) is 8.57. The van der Waals surface area contributed by atoms with E-state index in [-0.39, 0.29) is 5.75 Å². The first-order valence-electron chi connectivity index (χ1n) is 8.22. The van der Waals surface area contributed by atoms with Gasteiger partial charge in [-0.3, -0.25) is 9.59 Å². The second-order valence-corrected chi connectivity index (χ2v) is 5.77. The Kier molecular flexibility index (Phi) is 7.44. The number of carbonyl (C=O) groups is 2. The number of hydrogen-bond donors (Lipinski definition) is 2. The number of nitrogens with zero attached hydrogens (tertiary/aromatic N) is 1. The van der Waals surface area contributed by atoms with E-state index in [1.807, 2.05) is 26.0 Å². The van der Waals surface area contributed by atoms with Crippen molar-refractivity contribution in [1.82, 2.24) is 0 Å². The molecule has 0 fully saturated rings. The average molecular weight is 391 g/mol. The van der Waals surface area contributed by atoms with Crippen molar-refractivity contribution in [2.24, 2.45) is 5.16 Å². The van der Waals surface area contributed by atoms with Crippen molar-refractivity contribution >= 4 is 29.4 Å². The molecular weight excluding hydrogens is 372 g/mol. The molecule has 0 radical (unpaired) electrons. The van der Waals surface area contributed by atoms with Crippen LogP contribution in [0.1, 0.15) is 11.1 Å². The van der Waals surface area contributed by atoms with Crippen LogP contribution in [0.4, 0.5) is 20.2 Å². The maximum atomic E-state index is 12.1. The number of amides is 2. The Balaban J connectivity index is 1.74. The Morgan fingerprint density at radius 2 is 1.82 bits per heavy atom. The van der Waals surface area contributed by atoms with Crippen LogP contribution in [0, 0.1) is 13.8 Å². The molecule has 0 aromatic heterocycles. The zero-order chi connectivity index (χ0) is 20.5. The van der Waals surface area contributed by atoms with E-state index < -0.39 is 25.0 Å². The van der Waals surface area contributed by atoms with Gasteiger partial charge in [0.2, 0.25) is 0 Å². The smallest absolute Gasteiger partial charge is 0.387 e. The summed E-state index contributed by atoms with van der Waals surface area (Å²) in [5.41, 5.74) is 3.01. The number of ether oxygens (including phenoxy) is 1. The minimum Gasteiger partial charge on any atom is -0.435 e. The Hall–Kier alpha value is -3.49. The molecule has 7 nitrogen and oxygen atoms in total. The van der Waals surface area contributed by atoms with Gasteiger partial charge in [0.25, 0.3) is 11.8 Å². The molecule has 2 N–H and O–H groups in total. The number of hydrogen-bond acceptors (Lipinski definition) is 5. The molecule has 2 aromatic carbocycles. The maximum Gasteiger partial charge on any atom is 0.387 e. The van der Waals surface area contributed by atoms with Gasteiger partial charge in [0.15, 0.2) is 6.61 Å². The lowest BCUT2D eigenvalue weighted by Gasteiger charge is -2.07. The minimum absolute atomic E-state index is 0.0244. The molecule has 0 aliphatic heterocycles. The first-order valence-corrected chi connectivity index (χ1v) is 8.22. The van der Waals surface area contributed by atoms with Crippen LogP contribution in [-0.2, 0) is 14.4 Å². The summed E-state index contributed by atoms with van der Waals surface area (Å²) in [6, 6.07) is 11.0. The first kappa shape index (κ1) is 20.8. The van der Waals surface area contributed by atoms with Gasteiger partial charge >= 0.3 is 6.61 Å². The predicted molar refractivity (Wildman–Crippen MR) is 101 cm³/mol. The van der Waals surface area contributed by atoms with Gasteiger partial charge in [-0.1, -0.05) is 22.9 Å². The highest BCUT2D eigenvalue weighted by Gasteiger charge is 2.06. The Morgan fingerprint density at radius 3 is 2.46 bits per heavy atom. The molecular formula is C19H19F2N3O4. The third kappa shape index (κ3) is 7.02. The fourth-order valence-corrected chi connectivity index (χ4v) is 2.22. The normalized spacial score (nSPS) is 10.8. The third-order valence-corrected chi connectivity index (χ3v) is 3.44. The molecule has 0 saturated heterocycles. The molecule has 0 spiro atoms. The number of nitrogens with one attached hydrogen (secondary N) is 2. The fraction of sp³-hybridized carbons (Fsp3) is 0.211. The summed E-state index contributed by atoms with van der Waals surface area (Å²) in [4.78, 5) is 28.3. The Bertz CT molecular complexity index is 855. The maximum absolute atomic E-state index is 12.1.